The summed E-state index contributed by atoms with van der Waals surface area (Å²) in [6, 6.07) is 10.2. The van der Waals surface area contributed by atoms with Crippen molar-refractivity contribution >= 4 is 18.5 Å². The molecule has 1 aromatic carbocycles. The molecule has 26 heavy (non-hydrogen) atoms. The number of hydrogen-bond donors (Lipinski definition) is 1. The zero-order valence-corrected chi connectivity index (χ0v) is 16.4. The quantitative estimate of drug-likeness (QED) is 0.379. The van der Waals surface area contributed by atoms with E-state index in [0.717, 1.165) is 16.8 Å². The van der Waals surface area contributed by atoms with Crippen LogP contribution in [0.2, 0.25) is 0 Å². The summed E-state index contributed by atoms with van der Waals surface area (Å²) >= 11 is 0. The topological polar surface area (TPSA) is 37.3 Å². The normalized spacial score (nSPS) is 14.3. The molecule has 136 valence electrons. The summed E-state index contributed by atoms with van der Waals surface area (Å²) in [4.78, 5) is 11.1. The van der Waals surface area contributed by atoms with Crippen molar-refractivity contribution in [3.05, 3.63) is 103 Å². The van der Waals surface area contributed by atoms with E-state index in [9.17, 15) is 4.79 Å². The third kappa shape index (κ3) is 5.54. The van der Waals surface area contributed by atoms with E-state index in [1.165, 1.54) is 5.30 Å². The fourth-order valence-corrected chi connectivity index (χ4v) is 6.96. The molecule has 0 spiro atoms. The Labute approximate surface area is 158 Å². The summed E-state index contributed by atoms with van der Waals surface area (Å²) in [6.45, 7) is 14.1. The highest BCUT2D eigenvalue weighted by atomic mass is 31.2. The highest BCUT2D eigenvalue weighted by Gasteiger charge is 2.45. The number of carbonyl (C=O) groups is 1. The first-order chi connectivity index (χ1) is 12.5. The Kier molecular flexibility index (Phi) is 9.33. The van der Waals surface area contributed by atoms with Crippen LogP contribution in [-0.2, 0) is 4.79 Å². The van der Waals surface area contributed by atoms with Crippen LogP contribution in [0.1, 0.15) is 19.8 Å². The maximum Gasteiger partial charge on any atom is 0.303 e. The molecule has 2 nitrogen and oxygen atoms in total. The molecule has 0 saturated heterocycles. The van der Waals surface area contributed by atoms with Crippen LogP contribution in [-0.4, -0.2) is 17.2 Å². The minimum absolute atomic E-state index is 0.140. The van der Waals surface area contributed by atoms with Crippen molar-refractivity contribution in [1.29, 1.82) is 0 Å². The van der Waals surface area contributed by atoms with E-state index >= 15 is 0 Å². The molecule has 0 aliphatic heterocycles. The molecule has 1 atom stereocenters. The second-order valence-corrected chi connectivity index (χ2v) is 9.45. The Morgan fingerprint density at radius 2 is 1.88 bits per heavy atom. The Hall–Kier alpha value is -2.44. The van der Waals surface area contributed by atoms with Crippen LogP contribution in [0.4, 0.5) is 0 Å². The standard InChI is InChI=1S/C23H27O2P/c1-5-8-14-20(4)26(19-13-18-23(24)25,21(7-3)15-9-6-2)22-16-11-10-12-17-22/h5-12,14-17H,1,3-4,13,18-19H2,2H3/p+1/b9-6-,14-8-,21-15+. The lowest BCUT2D eigenvalue weighted by Crippen LogP contribution is -2.17. The van der Waals surface area contributed by atoms with Gasteiger partial charge in [0.05, 0.1) is 11.5 Å². The van der Waals surface area contributed by atoms with Crippen LogP contribution >= 0.6 is 7.26 Å². The van der Waals surface area contributed by atoms with Crippen LogP contribution in [0.15, 0.2) is 103 Å². The monoisotopic (exact) mass is 367 g/mol. The first kappa shape index (κ1) is 21.6. The van der Waals surface area contributed by atoms with Gasteiger partial charge in [0.2, 0.25) is 0 Å². The van der Waals surface area contributed by atoms with Crippen molar-refractivity contribution in [3.8, 4) is 0 Å². The first-order valence-corrected chi connectivity index (χ1v) is 10.6. The number of carboxylic acid groups (broad SMARTS) is 1. The number of allylic oxidation sites excluding steroid dienone is 9. The van der Waals surface area contributed by atoms with E-state index in [-0.39, 0.29) is 6.42 Å². The molecule has 1 unspecified atom stereocenters. The van der Waals surface area contributed by atoms with Gasteiger partial charge in [0.25, 0.3) is 0 Å². The van der Waals surface area contributed by atoms with Gasteiger partial charge in [-0.2, -0.15) is 0 Å². The lowest BCUT2D eigenvalue weighted by molar-refractivity contribution is -0.137. The first-order valence-electron chi connectivity index (χ1n) is 8.63. The summed E-state index contributed by atoms with van der Waals surface area (Å²) in [5.41, 5.74) is 0. The number of aliphatic carboxylic acids is 1. The van der Waals surface area contributed by atoms with E-state index in [2.05, 4.69) is 37.9 Å². The van der Waals surface area contributed by atoms with Crippen molar-refractivity contribution in [2.24, 2.45) is 0 Å². The Morgan fingerprint density at radius 3 is 2.42 bits per heavy atom. The van der Waals surface area contributed by atoms with E-state index < -0.39 is 13.2 Å². The largest absolute Gasteiger partial charge is 0.481 e. The van der Waals surface area contributed by atoms with Gasteiger partial charge in [0.1, 0.15) is 17.9 Å². The zero-order chi connectivity index (χ0) is 19.4. The fraction of sp³-hybridized carbons (Fsp3) is 0.174. The van der Waals surface area contributed by atoms with Crippen molar-refractivity contribution in [2.75, 3.05) is 6.16 Å². The Morgan fingerprint density at radius 1 is 1.19 bits per heavy atom. The van der Waals surface area contributed by atoms with Gasteiger partial charge in [-0.1, -0.05) is 62.2 Å². The van der Waals surface area contributed by atoms with Crippen LogP contribution in [0.3, 0.4) is 0 Å². The summed E-state index contributed by atoms with van der Waals surface area (Å²) in [5.74, 6) is -0.777. The molecule has 0 radical (unpaired) electrons. The molecule has 0 amide bonds. The minimum Gasteiger partial charge on any atom is -0.481 e. The average Bonchev–Trinajstić information content (AvgIpc) is 2.65. The molecule has 0 bridgehead atoms. The van der Waals surface area contributed by atoms with Gasteiger partial charge in [-0.15, -0.1) is 0 Å². The number of carboxylic acids is 1. The highest BCUT2D eigenvalue weighted by molar-refractivity contribution is 7.90. The summed E-state index contributed by atoms with van der Waals surface area (Å²) < 4.78 is 0. The molecule has 0 aromatic heterocycles. The van der Waals surface area contributed by atoms with Crippen LogP contribution < -0.4 is 5.30 Å². The van der Waals surface area contributed by atoms with Gasteiger partial charge in [-0.05, 0) is 43.7 Å². The van der Waals surface area contributed by atoms with Crippen LogP contribution in [0.25, 0.3) is 0 Å². The van der Waals surface area contributed by atoms with Gasteiger partial charge in [0.15, 0.2) is 0 Å². The molecule has 0 aliphatic rings. The number of hydrogen-bond acceptors (Lipinski definition) is 1. The SMILES string of the molecule is C=C/C=C\C(=C)[P+](CCCC(=O)O)(/C(C=C)=C/C=C\C)c1ccccc1. The molecule has 1 aromatic rings. The second-order valence-electron chi connectivity index (χ2n) is 5.77. The van der Waals surface area contributed by atoms with Gasteiger partial charge >= 0.3 is 5.97 Å². The smallest absolute Gasteiger partial charge is 0.303 e. The van der Waals surface area contributed by atoms with Crippen molar-refractivity contribution < 1.29 is 9.90 Å². The predicted octanol–water partition coefficient (Wildman–Crippen LogP) is 6.10. The van der Waals surface area contributed by atoms with Crippen LogP contribution in [0.5, 0.6) is 0 Å². The van der Waals surface area contributed by atoms with Crippen LogP contribution in [0, 0.1) is 0 Å². The van der Waals surface area contributed by atoms with Crippen molar-refractivity contribution in [1.82, 2.24) is 0 Å². The molecule has 0 heterocycles. The highest BCUT2D eigenvalue weighted by Crippen LogP contribution is 2.71. The summed E-state index contributed by atoms with van der Waals surface area (Å²) in [7, 11) is -2.07. The van der Waals surface area contributed by atoms with Crippen molar-refractivity contribution in [2.45, 2.75) is 19.8 Å². The van der Waals surface area contributed by atoms with Crippen molar-refractivity contribution in [3.63, 3.8) is 0 Å². The van der Waals surface area contributed by atoms with E-state index in [1.807, 2.05) is 55.5 Å². The molecule has 1 N–H and O–H groups in total. The lowest BCUT2D eigenvalue weighted by atomic mass is 10.3. The van der Waals surface area contributed by atoms with Gasteiger partial charge in [-0.3, -0.25) is 4.79 Å². The fourth-order valence-electron chi connectivity index (χ4n) is 2.88. The predicted molar refractivity (Wildman–Crippen MR) is 116 cm³/mol. The number of rotatable bonds is 11. The third-order valence-corrected chi connectivity index (χ3v) is 8.62. The van der Waals surface area contributed by atoms with Gasteiger partial charge in [-0.25, -0.2) is 0 Å². The van der Waals surface area contributed by atoms with Gasteiger partial charge < -0.3 is 5.11 Å². The van der Waals surface area contributed by atoms with E-state index in [4.69, 9.17) is 5.11 Å². The molecule has 1 rings (SSSR count). The molecular formula is C23H28O2P+. The third-order valence-electron chi connectivity index (χ3n) is 4.11. The maximum absolute atomic E-state index is 11.1. The minimum atomic E-state index is -2.07. The zero-order valence-electron chi connectivity index (χ0n) is 15.5. The maximum atomic E-state index is 11.1. The molecule has 0 aliphatic carbocycles. The Balaban J connectivity index is 3.61. The van der Waals surface area contributed by atoms with Gasteiger partial charge in [0, 0.05) is 6.42 Å². The summed E-state index contributed by atoms with van der Waals surface area (Å²) in [6.07, 6.45) is 15.0. The average molecular weight is 367 g/mol. The lowest BCUT2D eigenvalue weighted by Gasteiger charge is -2.28. The molecule has 3 heteroatoms. The molecular weight excluding hydrogens is 339 g/mol. The molecule has 0 saturated carbocycles. The van der Waals surface area contributed by atoms with E-state index in [0.29, 0.717) is 6.42 Å². The second kappa shape index (κ2) is 11.2. The Bertz CT molecular complexity index is 726. The summed E-state index contributed by atoms with van der Waals surface area (Å²) in [5, 5.41) is 12.4. The van der Waals surface area contributed by atoms with E-state index in [1.54, 1.807) is 6.08 Å². The molecule has 0 fully saturated rings. The number of benzene rings is 1.